The van der Waals surface area contributed by atoms with Crippen molar-refractivity contribution in [3.63, 3.8) is 0 Å². The van der Waals surface area contributed by atoms with E-state index < -0.39 is 0 Å². The Morgan fingerprint density at radius 2 is 2.19 bits per heavy atom. The first kappa shape index (κ1) is 11.5. The van der Waals surface area contributed by atoms with Crippen molar-refractivity contribution in [3.8, 4) is 0 Å². The number of rotatable bonds is 2. The quantitative estimate of drug-likeness (QED) is 0.833. The van der Waals surface area contributed by atoms with Gasteiger partial charge in [-0.3, -0.25) is 0 Å². The number of hydrogen-bond acceptors (Lipinski definition) is 3. The van der Waals surface area contributed by atoms with Gasteiger partial charge < -0.3 is 10.3 Å². The Labute approximate surface area is 97.4 Å². The maximum absolute atomic E-state index is 5.82. The second-order valence-corrected chi connectivity index (χ2v) is 5.55. The summed E-state index contributed by atoms with van der Waals surface area (Å²) in [6, 6.07) is 0. The third kappa shape index (κ3) is 1.83. The summed E-state index contributed by atoms with van der Waals surface area (Å²) in [6.07, 6.45) is 6.03. The summed E-state index contributed by atoms with van der Waals surface area (Å²) in [5.74, 6) is 1.02. The molecule has 16 heavy (non-hydrogen) atoms. The zero-order chi connectivity index (χ0) is 11.8. The zero-order valence-electron chi connectivity index (χ0n) is 10.5. The van der Waals surface area contributed by atoms with Gasteiger partial charge in [-0.25, -0.2) is 0 Å². The molecule has 1 fully saturated rings. The Hall–Kier alpha value is -0.990. The molecule has 1 unspecified atom stereocenters. The Morgan fingerprint density at radius 1 is 1.44 bits per heavy atom. The van der Waals surface area contributed by atoms with E-state index in [1.54, 1.807) is 0 Å². The molecule has 1 atom stereocenters. The molecule has 1 aromatic heterocycles. The van der Waals surface area contributed by atoms with Crippen molar-refractivity contribution in [1.29, 1.82) is 0 Å². The van der Waals surface area contributed by atoms with E-state index >= 15 is 0 Å². The molecule has 1 aliphatic rings. The summed E-state index contributed by atoms with van der Waals surface area (Å²) in [4.78, 5) is 0. The van der Waals surface area contributed by atoms with Crippen molar-refractivity contribution < 1.29 is 4.52 Å². The fraction of sp³-hybridized carbons (Fsp3) is 0.769. The van der Waals surface area contributed by atoms with Crippen molar-refractivity contribution in [3.05, 3.63) is 11.3 Å². The highest BCUT2D eigenvalue weighted by Crippen LogP contribution is 2.47. The van der Waals surface area contributed by atoms with Crippen LogP contribution in [0.2, 0.25) is 0 Å². The molecular formula is C13H22N2O. The molecule has 1 saturated carbocycles. The average molecular weight is 222 g/mol. The van der Waals surface area contributed by atoms with Crippen LogP contribution in [0.4, 0.5) is 5.88 Å². The van der Waals surface area contributed by atoms with E-state index in [1.165, 1.54) is 25.7 Å². The van der Waals surface area contributed by atoms with Gasteiger partial charge in [0.2, 0.25) is 5.88 Å². The van der Waals surface area contributed by atoms with Crippen molar-refractivity contribution in [2.24, 2.45) is 5.41 Å². The van der Waals surface area contributed by atoms with Crippen LogP contribution in [0.15, 0.2) is 4.52 Å². The molecule has 3 heteroatoms. The van der Waals surface area contributed by atoms with Gasteiger partial charge in [-0.1, -0.05) is 38.8 Å². The second-order valence-electron chi connectivity index (χ2n) is 5.55. The van der Waals surface area contributed by atoms with Crippen LogP contribution in [-0.2, 0) is 6.42 Å². The van der Waals surface area contributed by atoms with Gasteiger partial charge in [0.1, 0.15) is 0 Å². The monoisotopic (exact) mass is 222 g/mol. The number of anilines is 1. The minimum Gasteiger partial charge on any atom is -0.367 e. The molecule has 0 radical (unpaired) electrons. The highest BCUT2D eigenvalue weighted by Gasteiger charge is 2.36. The summed E-state index contributed by atoms with van der Waals surface area (Å²) >= 11 is 0. The summed E-state index contributed by atoms with van der Waals surface area (Å²) in [6.45, 7) is 6.78. The maximum atomic E-state index is 5.82. The minimum absolute atomic E-state index is 0.325. The molecular weight excluding hydrogens is 200 g/mol. The average Bonchev–Trinajstić information content (AvgIpc) is 2.58. The molecule has 0 bridgehead atoms. The Bertz CT molecular complexity index is 368. The van der Waals surface area contributed by atoms with Crippen LogP contribution < -0.4 is 5.73 Å². The summed E-state index contributed by atoms with van der Waals surface area (Å²) < 4.78 is 5.16. The lowest BCUT2D eigenvalue weighted by molar-refractivity contribution is 0.191. The van der Waals surface area contributed by atoms with E-state index in [2.05, 4.69) is 25.9 Å². The molecule has 2 rings (SSSR count). The Balaban J connectivity index is 2.35. The normalized spacial score (nSPS) is 24.6. The summed E-state index contributed by atoms with van der Waals surface area (Å²) in [5, 5.41) is 4.21. The summed E-state index contributed by atoms with van der Waals surface area (Å²) in [5.41, 5.74) is 8.38. The van der Waals surface area contributed by atoms with Gasteiger partial charge in [0.05, 0.1) is 5.69 Å². The molecule has 0 aromatic carbocycles. The fourth-order valence-electron chi connectivity index (χ4n) is 2.96. The number of nitrogen functional groups attached to an aromatic ring is 1. The molecule has 3 nitrogen and oxygen atoms in total. The number of nitrogens with zero attached hydrogens (tertiary/aromatic N) is 1. The lowest BCUT2D eigenvalue weighted by Gasteiger charge is -2.37. The van der Waals surface area contributed by atoms with Crippen LogP contribution in [-0.4, -0.2) is 5.16 Å². The highest BCUT2D eigenvalue weighted by molar-refractivity contribution is 5.41. The smallest absolute Gasteiger partial charge is 0.225 e. The number of hydrogen-bond donors (Lipinski definition) is 1. The van der Waals surface area contributed by atoms with Crippen molar-refractivity contribution in [2.75, 3.05) is 5.73 Å². The van der Waals surface area contributed by atoms with E-state index in [0.29, 0.717) is 17.2 Å². The fourth-order valence-corrected chi connectivity index (χ4v) is 2.96. The van der Waals surface area contributed by atoms with Crippen LogP contribution >= 0.6 is 0 Å². The van der Waals surface area contributed by atoms with E-state index in [4.69, 9.17) is 10.3 Å². The van der Waals surface area contributed by atoms with E-state index in [0.717, 1.165) is 17.7 Å². The number of nitrogens with two attached hydrogens (primary N) is 1. The van der Waals surface area contributed by atoms with Crippen LogP contribution in [0.5, 0.6) is 0 Å². The molecule has 2 N–H and O–H groups in total. The topological polar surface area (TPSA) is 52.0 Å². The van der Waals surface area contributed by atoms with Gasteiger partial charge in [-0.05, 0) is 24.7 Å². The second kappa shape index (κ2) is 4.11. The third-order valence-corrected chi connectivity index (χ3v) is 4.04. The van der Waals surface area contributed by atoms with Crippen LogP contribution in [0, 0.1) is 5.41 Å². The highest BCUT2D eigenvalue weighted by atomic mass is 16.5. The largest absolute Gasteiger partial charge is 0.367 e. The van der Waals surface area contributed by atoms with Gasteiger partial charge >= 0.3 is 0 Å². The molecule has 1 aromatic rings. The van der Waals surface area contributed by atoms with Crippen LogP contribution in [0.25, 0.3) is 0 Å². The molecule has 0 spiro atoms. The van der Waals surface area contributed by atoms with Gasteiger partial charge in [0, 0.05) is 11.5 Å². The van der Waals surface area contributed by atoms with Gasteiger partial charge in [-0.2, -0.15) is 0 Å². The molecule has 0 aliphatic heterocycles. The van der Waals surface area contributed by atoms with E-state index in [9.17, 15) is 0 Å². The predicted octanol–water partition coefficient (Wildman–Crippen LogP) is 3.50. The zero-order valence-corrected chi connectivity index (χ0v) is 10.5. The van der Waals surface area contributed by atoms with Gasteiger partial charge in [-0.15, -0.1) is 0 Å². The third-order valence-electron chi connectivity index (χ3n) is 4.04. The molecule has 0 saturated heterocycles. The Kier molecular flexibility index (Phi) is 2.96. The summed E-state index contributed by atoms with van der Waals surface area (Å²) in [7, 11) is 0. The van der Waals surface area contributed by atoms with Crippen LogP contribution in [0.1, 0.15) is 63.6 Å². The lowest BCUT2D eigenvalue weighted by Crippen LogP contribution is -2.27. The molecule has 0 amide bonds. The SMILES string of the molecule is CCc1c(C2CCCCC2(C)C)noc1N. The first-order valence-electron chi connectivity index (χ1n) is 6.30. The molecule has 1 aliphatic carbocycles. The van der Waals surface area contributed by atoms with Gasteiger partial charge in [0.25, 0.3) is 0 Å². The molecule has 1 heterocycles. The van der Waals surface area contributed by atoms with E-state index in [1.807, 2.05) is 0 Å². The lowest BCUT2D eigenvalue weighted by atomic mass is 9.67. The van der Waals surface area contributed by atoms with Gasteiger partial charge in [0.15, 0.2) is 0 Å². The van der Waals surface area contributed by atoms with Crippen molar-refractivity contribution in [2.45, 2.75) is 58.8 Å². The predicted molar refractivity (Wildman–Crippen MR) is 65.3 cm³/mol. The minimum atomic E-state index is 0.325. The standard InChI is InChI=1S/C13H22N2O/c1-4-9-11(15-16-12(9)14)10-7-5-6-8-13(10,2)3/h10H,4-8,14H2,1-3H3. The first-order chi connectivity index (χ1) is 7.56. The van der Waals surface area contributed by atoms with Crippen molar-refractivity contribution in [1.82, 2.24) is 5.16 Å². The maximum Gasteiger partial charge on any atom is 0.225 e. The van der Waals surface area contributed by atoms with Crippen molar-refractivity contribution >= 4 is 5.88 Å². The van der Waals surface area contributed by atoms with Crippen LogP contribution in [0.3, 0.4) is 0 Å². The Morgan fingerprint density at radius 3 is 2.81 bits per heavy atom. The van der Waals surface area contributed by atoms with E-state index in [-0.39, 0.29) is 0 Å². The number of aromatic nitrogens is 1. The molecule has 90 valence electrons. The first-order valence-corrected chi connectivity index (χ1v) is 6.30.